The van der Waals surface area contributed by atoms with E-state index < -0.39 is 17.5 Å². The zero-order valence-electron chi connectivity index (χ0n) is 14.4. The Morgan fingerprint density at radius 3 is 2.79 bits per heavy atom. The summed E-state index contributed by atoms with van der Waals surface area (Å²) in [5, 5.41) is 12.8. The van der Waals surface area contributed by atoms with E-state index in [4.69, 9.17) is 9.84 Å². The highest BCUT2D eigenvalue weighted by Gasteiger charge is 2.18. The van der Waals surface area contributed by atoms with Crippen LogP contribution in [0.3, 0.4) is 0 Å². The van der Waals surface area contributed by atoms with Crippen LogP contribution in [0.4, 0.5) is 14.5 Å². The van der Waals surface area contributed by atoms with Gasteiger partial charge in [0.25, 0.3) is 5.91 Å². The second kappa shape index (κ2) is 9.16. The van der Waals surface area contributed by atoms with Crippen LogP contribution in [-0.2, 0) is 0 Å². The van der Waals surface area contributed by atoms with Crippen LogP contribution >= 0.6 is 11.3 Å². The Balaban J connectivity index is 1.76. The number of benzene rings is 1. The van der Waals surface area contributed by atoms with Crippen molar-refractivity contribution >= 4 is 22.9 Å². The molecule has 0 aliphatic rings. The molecule has 9 heteroatoms. The molecule has 3 rings (SSSR count). The normalized spacial score (nSPS) is 11.0. The van der Waals surface area contributed by atoms with Crippen LogP contribution in [0.1, 0.15) is 10.5 Å². The molecular weight excluding hydrogens is 388 g/mol. The number of ether oxygens (including phenoxy) is 1. The largest absolute Gasteiger partial charge is 0.487 e. The molecule has 0 bridgehead atoms. The van der Waals surface area contributed by atoms with Gasteiger partial charge in [-0.05, 0) is 18.2 Å². The van der Waals surface area contributed by atoms with Crippen molar-refractivity contribution in [1.82, 2.24) is 9.97 Å². The Morgan fingerprint density at radius 1 is 1.25 bits per heavy atom. The summed E-state index contributed by atoms with van der Waals surface area (Å²) < 4.78 is 33.3. The van der Waals surface area contributed by atoms with Gasteiger partial charge in [0.05, 0.1) is 18.4 Å². The average molecular weight is 403 g/mol. The first kappa shape index (κ1) is 19.6. The maximum atomic E-state index is 13.9. The van der Waals surface area contributed by atoms with E-state index in [2.05, 4.69) is 15.3 Å². The molecule has 2 heterocycles. The number of rotatable bonds is 7. The molecule has 3 aromatic rings. The van der Waals surface area contributed by atoms with Crippen molar-refractivity contribution in [3.8, 4) is 16.3 Å². The number of amides is 1. The van der Waals surface area contributed by atoms with Crippen molar-refractivity contribution < 1.29 is 23.4 Å². The topological polar surface area (TPSA) is 84.3 Å². The minimum Gasteiger partial charge on any atom is -0.487 e. The summed E-state index contributed by atoms with van der Waals surface area (Å²) >= 11 is 0.962. The Bertz CT molecular complexity index is 987. The van der Waals surface area contributed by atoms with Crippen LogP contribution in [0.2, 0.25) is 0 Å². The smallest absolute Gasteiger partial charge is 0.275 e. The van der Waals surface area contributed by atoms with Gasteiger partial charge in [-0.2, -0.15) is 0 Å². The molecule has 144 valence electrons. The van der Waals surface area contributed by atoms with Crippen molar-refractivity contribution in [1.29, 1.82) is 0 Å². The van der Waals surface area contributed by atoms with Crippen LogP contribution in [0, 0.1) is 11.6 Å². The highest BCUT2D eigenvalue weighted by molar-refractivity contribution is 7.13. The summed E-state index contributed by atoms with van der Waals surface area (Å²) in [5.41, 5.74) is 0.0572. The predicted molar refractivity (Wildman–Crippen MR) is 101 cm³/mol. The second-order valence-electron chi connectivity index (χ2n) is 5.43. The van der Waals surface area contributed by atoms with Gasteiger partial charge in [0.1, 0.15) is 40.4 Å². The first-order valence-corrected chi connectivity index (χ1v) is 9.02. The third-order valence-electron chi connectivity index (χ3n) is 3.55. The molecule has 1 amide bonds. The fraction of sp³-hybridized carbons (Fsp3) is 0.105. The van der Waals surface area contributed by atoms with Gasteiger partial charge in [-0.1, -0.05) is 12.1 Å². The van der Waals surface area contributed by atoms with Gasteiger partial charge in [0.15, 0.2) is 0 Å². The monoisotopic (exact) mass is 403 g/mol. The van der Waals surface area contributed by atoms with E-state index in [-0.39, 0.29) is 29.5 Å². The number of aromatic nitrogens is 2. The van der Waals surface area contributed by atoms with Gasteiger partial charge in [-0.25, -0.2) is 13.8 Å². The number of hydrogen-bond donors (Lipinski definition) is 2. The number of carbonyl (C=O) groups excluding carboxylic acids is 1. The molecular formula is C19H15F2N3O3S. The lowest BCUT2D eigenvalue weighted by molar-refractivity contribution is 0.102. The van der Waals surface area contributed by atoms with Crippen molar-refractivity contribution in [2.24, 2.45) is 0 Å². The number of carbonyl (C=O) groups is 1. The molecule has 0 fully saturated rings. The first-order chi connectivity index (χ1) is 13.6. The number of nitrogens with zero attached hydrogens (tertiary/aromatic N) is 2. The third kappa shape index (κ3) is 4.56. The summed E-state index contributed by atoms with van der Waals surface area (Å²) in [6.45, 7) is 0.0961. The van der Waals surface area contributed by atoms with Gasteiger partial charge < -0.3 is 15.2 Å². The minimum atomic E-state index is -0.750. The van der Waals surface area contributed by atoms with Crippen molar-refractivity contribution in [2.45, 2.75) is 0 Å². The summed E-state index contributed by atoms with van der Waals surface area (Å²) in [7, 11) is 0. The van der Waals surface area contributed by atoms with E-state index in [1.165, 1.54) is 29.9 Å². The van der Waals surface area contributed by atoms with Crippen LogP contribution in [0.15, 0.2) is 54.2 Å². The molecule has 0 spiro atoms. The van der Waals surface area contributed by atoms with Crippen molar-refractivity contribution in [3.63, 3.8) is 0 Å². The summed E-state index contributed by atoms with van der Waals surface area (Å²) in [5.74, 6) is -1.69. The fourth-order valence-electron chi connectivity index (χ4n) is 2.26. The van der Waals surface area contributed by atoms with E-state index in [0.717, 1.165) is 23.5 Å². The number of pyridine rings is 1. The highest BCUT2D eigenvalue weighted by Crippen LogP contribution is 2.29. The Labute approximate surface area is 163 Å². The predicted octanol–water partition coefficient (Wildman–Crippen LogP) is 3.66. The quantitative estimate of drug-likeness (QED) is 0.588. The summed E-state index contributed by atoms with van der Waals surface area (Å²) in [6.07, 6.45) is 6.06. The number of aliphatic hydroxyl groups is 1. The SMILES string of the molecule is O=C(Nc1cnccc1OC/C=C\CO)c1csc(-c2c(F)cccc2F)n1. The average Bonchev–Trinajstić information content (AvgIpc) is 3.16. The molecule has 2 aromatic heterocycles. The molecule has 0 aliphatic carbocycles. The van der Waals surface area contributed by atoms with E-state index in [0.29, 0.717) is 11.4 Å². The highest BCUT2D eigenvalue weighted by atomic mass is 32.1. The molecule has 1 aromatic carbocycles. The van der Waals surface area contributed by atoms with E-state index in [1.807, 2.05) is 0 Å². The van der Waals surface area contributed by atoms with E-state index >= 15 is 0 Å². The molecule has 28 heavy (non-hydrogen) atoms. The zero-order chi connectivity index (χ0) is 19.9. The Hall–Kier alpha value is -3.17. The lowest BCUT2D eigenvalue weighted by atomic mass is 10.2. The Kier molecular flexibility index (Phi) is 6.41. The van der Waals surface area contributed by atoms with Gasteiger partial charge in [0, 0.05) is 17.6 Å². The standard InChI is InChI=1S/C19H15F2N3O3S/c20-12-4-3-5-13(21)17(12)19-24-15(11-28-19)18(26)23-14-10-22-7-6-16(14)27-9-2-1-8-25/h1-7,10-11,25H,8-9H2,(H,23,26)/b2-1-. The maximum Gasteiger partial charge on any atom is 0.275 e. The molecule has 0 saturated heterocycles. The number of hydrogen-bond acceptors (Lipinski definition) is 6. The zero-order valence-corrected chi connectivity index (χ0v) is 15.2. The summed E-state index contributed by atoms with van der Waals surface area (Å²) in [4.78, 5) is 20.5. The molecule has 0 aliphatic heterocycles. The van der Waals surface area contributed by atoms with Crippen molar-refractivity contribution in [2.75, 3.05) is 18.5 Å². The summed E-state index contributed by atoms with van der Waals surface area (Å²) in [6, 6.07) is 5.09. The van der Waals surface area contributed by atoms with Crippen LogP contribution < -0.4 is 10.1 Å². The van der Waals surface area contributed by atoms with Crippen LogP contribution in [0.5, 0.6) is 5.75 Å². The second-order valence-corrected chi connectivity index (χ2v) is 6.28. The fourth-order valence-corrected chi connectivity index (χ4v) is 3.11. The van der Waals surface area contributed by atoms with Gasteiger partial charge in [-0.15, -0.1) is 11.3 Å². The lowest BCUT2D eigenvalue weighted by Crippen LogP contribution is -2.13. The number of aliphatic hydroxyl groups excluding tert-OH is 1. The molecule has 0 atom stereocenters. The van der Waals surface area contributed by atoms with Gasteiger partial charge >= 0.3 is 0 Å². The Morgan fingerprint density at radius 2 is 2.04 bits per heavy atom. The maximum absolute atomic E-state index is 13.9. The van der Waals surface area contributed by atoms with Crippen molar-refractivity contribution in [3.05, 3.63) is 71.5 Å². The molecule has 0 saturated carbocycles. The number of halogens is 2. The van der Waals surface area contributed by atoms with Crippen LogP contribution in [0.25, 0.3) is 10.6 Å². The molecule has 0 unspecified atom stereocenters. The van der Waals surface area contributed by atoms with Gasteiger partial charge in [0.2, 0.25) is 0 Å². The van der Waals surface area contributed by atoms with E-state index in [9.17, 15) is 13.6 Å². The van der Waals surface area contributed by atoms with Crippen LogP contribution in [-0.4, -0.2) is 34.2 Å². The minimum absolute atomic E-state index is 0.0117. The number of nitrogens with one attached hydrogen (secondary N) is 1. The van der Waals surface area contributed by atoms with Gasteiger partial charge in [-0.3, -0.25) is 9.78 Å². The third-order valence-corrected chi connectivity index (χ3v) is 4.41. The molecule has 2 N–H and O–H groups in total. The molecule has 6 nitrogen and oxygen atoms in total. The van der Waals surface area contributed by atoms with E-state index in [1.54, 1.807) is 12.1 Å². The first-order valence-electron chi connectivity index (χ1n) is 8.14. The molecule has 0 radical (unpaired) electrons. The lowest BCUT2D eigenvalue weighted by Gasteiger charge is -2.10. The number of anilines is 1. The number of thiazole rings is 1.